The number of rotatable bonds is 1. The van der Waals surface area contributed by atoms with E-state index in [4.69, 9.17) is 5.11 Å². The van der Waals surface area contributed by atoms with E-state index >= 15 is 0 Å². The first-order chi connectivity index (χ1) is 6.16. The number of carbonyl (C=O) groups is 1. The first-order valence-electron chi connectivity index (χ1n) is 3.90. The molecule has 0 aliphatic rings. The highest BCUT2D eigenvalue weighted by molar-refractivity contribution is 7.20. The molecule has 0 amide bonds. The van der Waals surface area contributed by atoms with Crippen molar-refractivity contribution in [2.45, 2.75) is 6.92 Å². The van der Waals surface area contributed by atoms with Gasteiger partial charge in [0.25, 0.3) is 0 Å². The molecule has 0 aliphatic carbocycles. The van der Waals surface area contributed by atoms with E-state index in [2.05, 4.69) is 0 Å². The number of hydrogen-bond acceptors (Lipinski definition) is 2. The molecular formula is C10H8O2S. The summed E-state index contributed by atoms with van der Waals surface area (Å²) >= 11 is 1.32. The Morgan fingerprint density at radius 2 is 2.15 bits per heavy atom. The summed E-state index contributed by atoms with van der Waals surface area (Å²) in [5, 5.41) is 9.77. The normalized spacial score (nSPS) is 10.5. The molecule has 0 spiro atoms. The molecule has 1 aromatic heterocycles. The Kier molecular flexibility index (Phi) is 1.81. The highest BCUT2D eigenvalue weighted by Gasteiger charge is 2.07. The van der Waals surface area contributed by atoms with Crippen molar-refractivity contribution in [3.8, 4) is 0 Å². The van der Waals surface area contributed by atoms with Crippen molar-refractivity contribution in [2.24, 2.45) is 0 Å². The van der Waals surface area contributed by atoms with Crippen LogP contribution < -0.4 is 0 Å². The van der Waals surface area contributed by atoms with Gasteiger partial charge in [-0.25, -0.2) is 4.79 Å². The summed E-state index contributed by atoms with van der Waals surface area (Å²) in [6.45, 7) is 2.00. The van der Waals surface area contributed by atoms with Gasteiger partial charge in [-0.3, -0.25) is 0 Å². The third-order valence-corrected chi connectivity index (χ3v) is 2.97. The fourth-order valence-corrected chi connectivity index (χ4v) is 2.24. The number of fused-ring (bicyclic) bond motifs is 1. The zero-order chi connectivity index (χ0) is 9.42. The fourth-order valence-electron chi connectivity index (χ4n) is 1.24. The van der Waals surface area contributed by atoms with Crippen LogP contribution in [0.15, 0.2) is 24.3 Å². The summed E-state index contributed by atoms with van der Waals surface area (Å²) in [4.78, 5) is 11.1. The van der Waals surface area contributed by atoms with E-state index in [9.17, 15) is 4.79 Å². The van der Waals surface area contributed by atoms with E-state index in [1.54, 1.807) is 6.07 Å². The molecule has 1 N–H and O–H groups in total. The Hall–Kier alpha value is -1.35. The van der Waals surface area contributed by atoms with Gasteiger partial charge >= 0.3 is 5.97 Å². The second-order valence-electron chi connectivity index (χ2n) is 2.96. The average molecular weight is 192 g/mol. The number of hydrogen-bond donors (Lipinski definition) is 1. The van der Waals surface area contributed by atoms with Crippen LogP contribution in [-0.4, -0.2) is 11.1 Å². The predicted molar refractivity (Wildman–Crippen MR) is 53.5 cm³/mol. The maximum atomic E-state index is 10.7. The quantitative estimate of drug-likeness (QED) is 0.754. The van der Waals surface area contributed by atoms with Crippen LogP contribution in [0.2, 0.25) is 0 Å². The van der Waals surface area contributed by atoms with Gasteiger partial charge in [0.15, 0.2) is 0 Å². The van der Waals surface area contributed by atoms with E-state index in [1.165, 1.54) is 11.3 Å². The topological polar surface area (TPSA) is 37.3 Å². The maximum Gasteiger partial charge on any atom is 0.345 e. The number of carboxylic acids is 1. The van der Waals surface area contributed by atoms with Crippen molar-refractivity contribution in [1.82, 2.24) is 0 Å². The van der Waals surface area contributed by atoms with Crippen LogP contribution in [0.3, 0.4) is 0 Å². The van der Waals surface area contributed by atoms with Crippen LogP contribution >= 0.6 is 11.3 Å². The van der Waals surface area contributed by atoms with Gasteiger partial charge < -0.3 is 5.11 Å². The molecule has 1 heterocycles. The van der Waals surface area contributed by atoms with Crippen LogP contribution in [0.25, 0.3) is 10.1 Å². The van der Waals surface area contributed by atoms with Gasteiger partial charge in [-0.1, -0.05) is 12.1 Å². The second-order valence-corrected chi connectivity index (χ2v) is 4.04. The molecule has 2 nitrogen and oxygen atoms in total. The zero-order valence-electron chi connectivity index (χ0n) is 7.07. The molecule has 0 atom stereocenters. The van der Waals surface area contributed by atoms with Gasteiger partial charge in [0.2, 0.25) is 0 Å². The molecule has 3 heteroatoms. The van der Waals surface area contributed by atoms with Crippen molar-refractivity contribution >= 4 is 27.4 Å². The number of carboxylic acid groups (broad SMARTS) is 1. The summed E-state index contributed by atoms with van der Waals surface area (Å²) in [5.74, 6) is -0.848. The van der Waals surface area contributed by atoms with Gasteiger partial charge in [-0.2, -0.15) is 0 Å². The highest BCUT2D eigenvalue weighted by Crippen LogP contribution is 2.26. The molecule has 0 saturated carbocycles. The van der Waals surface area contributed by atoms with Crippen LogP contribution in [0.4, 0.5) is 0 Å². The lowest BCUT2D eigenvalue weighted by molar-refractivity contribution is 0.0702. The Morgan fingerprint density at radius 1 is 1.38 bits per heavy atom. The number of aryl methyl sites for hydroxylation is 1. The predicted octanol–water partition coefficient (Wildman–Crippen LogP) is 2.91. The third kappa shape index (κ3) is 1.42. The lowest BCUT2D eigenvalue weighted by Gasteiger charge is -1.89. The number of benzene rings is 1. The van der Waals surface area contributed by atoms with Gasteiger partial charge in [-0.15, -0.1) is 11.3 Å². The molecule has 13 heavy (non-hydrogen) atoms. The van der Waals surface area contributed by atoms with Crippen molar-refractivity contribution in [1.29, 1.82) is 0 Å². The molecule has 1 aromatic carbocycles. The minimum Gasteiger partial charge on any atom is -0.477 e. The highest BCUT2D eigenvalue weighted by atomic mass is 32.1. The van der Waals surface area contributed by atoms with E-state index in [-0.39, 0.29) is 0 Å². The van der Waals surface area contributed by atoms with Crippen LogP contribution in [0.1, 0.15) is 15.2 Å². The first kappa shape index (κ1) is 8.26. The van der Waals surface area contributed by atoms with Crippen molar-refractivity contribution in [3.05, 3.63) is 34.7 Å². The molecule has 66 valence electrons. The van der Waals surface area contributed by atoms with Crippen molar-refractivity contribution < 1.29 is 9.90 Å². The number of aromatic carboxylic acids is 1. The Labute approximate surface area is 79.4 Å². The zero-order valence-corrected chi connectivity index (χ0v) is 7.89. The molecule has 0 bridgehead atoms. The smallest absolute Gasteiger partial charge is 0.345 e. The van der Waals surface area contributed by atoms with Gasteiger partial charge in [0, 0.05) is 4.70 Å². The Bertz CT molecular complexity index is 471. The fraction of sp³-hybridized carbons (Fsp3) is 0.100. The molecule has 0 saturated heterocycles. The van der Waals surface area contributed by atoms with E-state index in [1.807, 2.05) is 25.1 Å². The molecule has 0 unspecified atom stereocenters. The summed E-state index contributed by atoms with van der Waals surface area (Å²) < 4.78 is 1.04. The molecule has 0 aliphatic heterocycles. The van der Waals surface area contributed by atoms with Crippen molar-refractivity contribution in [3.63, 3.8) is 0 Å². The summed E-state index contributed by atoms with van der Waals surface area (Å²) in [6, 6.07) is 7.66. The Balaban J connectivity index is 2.68. The summed E-state index contributed by atoms with van der Waals surface area (Å²) in [5.41, 5.74) is 1.16. The van der Waals surface area contributed by atoms with Crippen molar-refractivity contribution in [2.75, 3.05) is 0 Å². The average Bonchev–Trinajstić information content (AvgIpc) is 2.46. The summed E-state index contributed by atoms with van der Waals surface area (Å²) in [7, 11) is 0. The lowest BCUT2D eigenvalue weighted by Crippen LogP contribution is -1.89. The van der Waals surface area contributed by atoms with Gasteiger partial charge in [0.05, 0.1) is 0 Å². The third-order valence-electron chi connectivity index (χ3n) is 1.89. The van der Waals surface area contributed by atoms with Crippen LogP contribution in [-0.2, 0) is 0 Å². The molecule has 2 rings (SSSR count). The van der Waals surface area contributed by atoms with E-state index < -0.39 is 5.97 Å². The minimum atomic E-state index is -0.848. The monoisotopic (exact) mass is 192 g/mol. The summed E-state index contributed by atoms with van der Waals surface area (Å²) in [6.07, 6.45) is 0. The van der Waals surface area contributed by atoms with E-state index in [0.29, 0.717) is 4.88 Å². The standard InChI is InChI=1S/C10H8O2S/c1-6-2-3-7-5-9(10(11)12)13-8(7)4-6/h2-5H,1H3,(H,11,12). The Morgan fingerprint density at radius 3 is 2.85 bits per heavy atom. The molecule has 2 aromatic rings. The molecule has 0 radical (unpaired) electrons. The maximum absolute atomic E-state index is 10.7. The largest absolute Gasteiger partial charge is 0.477 e. The van der Waals surface area contributed by atoms with E-state index in [0.717, 1.165) is 15.6 Å². The second kappa shape index (κ2) is 2.85. The first-order valence-corrected chi connectivity index (χ1v) is 4.72. The number of thiophene rings is 1. The van der Waals surface area contributed by atoms with Crippen LogP contribution in [0, 0.1) is 6.92 Å². The lowest BCUT2D eigenvalue weighted by atomic mass is 10.2. The minimum absolute atomic E-state index is 0.403. The van der Waals surface area contributed by atoms with Crippen LogP contribution in [0.5, 0.6) is 0 Å². The SMILES string of the molecule is Cc1ccc2cc(C(=O)O)sc2c1. The molecule has 0 fully saturated rings. The molecular weight excluding hydrogens is 184 g/mol. The van der Waals surface area contributed by atoms with Gasteiger partial charge in [0.1, 0.15) is 4.88 Å². The van der Waals surface area contributed by atoms with Gasteiger partial charge in [-0.05, 0) is 30.0 Å².